The Morgan fingerprint density at radius 3 is 2.25 bits per heavy atom. The Kier molecular flexibility index (Phi) is 4.15. The quantitative estimate of drug-likeness (QED) is 0.481. The SMILES string of the molecule is Cl.N=C(N)Cc1ccc(O)cc1. The monoisotopic (exact) mass is 186 g/mol. The highest BCUT2D eigenvalue weighted by molar-refractivity contribution is 5.85. The van der Waals surface area contributed by atoms with Gasteiger partial charge in [0, 0.05) is 6.42 Å². The minimum absolute atomic E-state index is 0. The molecule has 0 spiro atoms. The van der Waals surface area contributed by atoms with Crippen molar-refractivity contribution in [2.75, 3.05) is 0 Å². The van der Waals surface area contributed by atoms with Gasteiger partial charge in [-0.25, -0.2) is 0 Å². The minimum Gasteiger partial charge on any atom is -0.508 e. The van der Waals surface area contributed by atoms with Crippen molar-refractivity contribution in [3.63, 3.8) is 0 Å². The van der Waals surface area contributed by atoms with Crippen molar-refractivity contribution >= 4 is 18.2 Å². The van der Waals surface area contributed by atoms with E-state index in [1.165, 1.54) is 0 Å². The first-order valence-electron chi connectivity index (χ1n) is 3.29. The molecule has 66 valence electrons. The van der Waals surface area contributed by atoms with Crippen LogP contribution in [0.2, 0.25) is 0 Å². The molecular formula is C8H11ClN2O. The molecule has 1 rings (SSSR count). The number of halogens is 1. The maximum Gasteiger partial charge on any atom is 0.115 e. The third kappa shape index (κ3) is 3.25. The van der Waals surface area contributed by atoms with E-state index in [0.717, 1.165) is 5.56 Å². The number of phenolic OH excluding ortho intramolecular Hbond substituents is 1. The molecule has 0 amide bonds. The number of nitrogens with two attached hydrogens (primary N) is 1. The van der Waals surface area contributed by atoms with Crippen LogP contribution in [0.1, 0.15) is 5.56 Å². The zero-order valence-corrected chi connectivity index (χ0v) is 7.27. The van der Waals surface area contributed by atoms with Crippen molar-refractivity contribution in [1.82, 2.24) is 0 Å². The van der Waals surface area contributed by atoms with Gasteiger partial charge < -0.3 is 10.8 Å². The summed E-state index contributed by atoms with van der Waals surface area (Å²) in [5.41, 5.74) is 6.12. The summed E-state index contributed by atoms with van der Waals surface area (Å²) in [5, 5.41) is 15.9. The summed E-state index contributed by atoms with van der Waals surface area (Å²) in [5.74, 6) is 0.369. The van der Waals surface area contributed by atoms with Gasteiger partial charge in [-0.15, -0.1) is 12.4 Å². The van der Waals surface area contributed by atoms with Crippen LogP contribution in [0.3, 0.4) is 0 Å². The van der Waals surface area contributed by atoms with Crippen LogP contribution in [-0.2, 0) is 6.42 Å². The summed E-state index contributed by atoms with van der Waals surface area (Å²) < 4.78 is 0. The molecule has 3 nitrogen and oxygen atoms in total. The van der Waals surface area contributed by atoms with Crippen LogP contribution in [0.25, 0.3) is 0 Å². The molecule has 12 heavy (non-hydrogen) atoms. The summed E-state index contributed by atoms with van der Waals surface area (Å²) in [6.07, 6.45) is 0.445. The number of benzene rings is 1. The second kappa shape index (κ2) is 4.62. The second-order valence-corrected chi connectivity index (χ2v) is 2.37. The van der Waals surface area contributed by atoms with Crippen molar-refractivity contribution < 1.29 is 5.11 Å². The largest absolute Gasteiger partial charge is 0.508 e. The molecule has 0 bridgehead atoms. The van der Waals surface area contributed by atoms with Crippen LogP contribution in [0, 0.1) is 5.41 Å². The molecule has 1 aromatic carbocycles. The highest BCUT2D eigenvalue weighted by atomic mass is 35.5. The first-order chi connectivity index (χ1) is 5.18. The highest BCUT2D eigenvalue weighted by Crippen LogP contribution is 2.09. The normalized spacial score (nSPS) is 8.67. The lowest BCUT2D eigenvalue weighted by Gasteiger charge is -1.98. The van der Waals surface area contributed by atoms with Gasteiger partial charge in [0.25, 0.3) is 0 Å². The zero-order chi connectivity index (χ0) is 8.27. The Morgan fingerprint density at radius 1 is 1.33 bits per heavy atom. The van der Waals surface area contributed by atoms with Crippen molar-refractivity contribution in [2.45, 2.75) is 6.42 Å². The Bertz CT molecular complexity index is 258. The van der Waals surface area contributed by atoms with Crippen molar-refractivity contribution in [3.8, 4) is 5.75 Å². The van der Waals surface area contributed by atoms with Crippen LogP contribution >= 0.6 is 12.4 Å². The van der Waals surface area contributed by atoms with Crippen molar-refractivity contribution in [2.24, 2.45) is 5.73 Å². The number of aromatic hydroxyl groups is 1. The average Bonchev–Trinajstić information content (AvgIpc) is 1.93. The predicted molar refractivity (Wildman–Crippen MR) is 51.0 cm³/mol. The molecule has 0 aromatic heterocycles. The number of amidine groups is 1. The van der Waals surface area contributed by atoms with E-state index in [4.69, 9.17) is 16.2 Å². The lowest BCUT2D eigenvalue weighted by molar-refractivity contribution is 0.475. The molecule has 4 heteroatoms. The molecule has 0 fully saturated rings. The van der Waals surface area contributed by atoms with E-state index in [9.17, 15) is 0 Å². The Morgan fingerprint density at radius 2 is 1.83 bits per heavy atom. The van der Waals surface area contributed by atoms with Gasteiger partial charge in [0.2, 0.25) is 0 Å². The van der Waals surface area contributed by atoms with Crippen LogP contribution in [-0.4, -0.2) is 10.9 Å². The minimum atomic E-state index is 0. The number of hydrogen-bond donors (Lipinski definition) is 3. The van der Waals surface area contributed by atoms with Crippen LogP contribution < -0.4 is 5.73 Å². The van der Waals surface area contributed by atoms with E-state index in [1.54, 1.807) is 24.3 Å². The van der Waals surface area contributed by atoms with Gasteiger partial charge in [0.1, 0.15) is 5.75 Å². The lowest BCUT2D eigenvalue weighted by Crippen LogP contribution is -2.12. The van der Waals surface area contributed by atoms with Gasteiger partial charge in [-0.3, -0.25) is 5.41 Å². The summed E-state index contributed by atoms with van der Waals surface area (Å²) in [6, 6.07) is 6.66. The van der Waals surface area contributed by atoms with Gasteiger partial charge >= 0.3 is 0 Å². The summed E-state index contributed by atoms with van der Waals surface area (Å²) in [7, 11) is 0. The summed E-state index contributed by atoms with van der Waals surface area (Å²) >= 11 is 0. The topological polar surface area (TPSA) is 70.1 Å². The van der Waals surface area contributed by atoms with Gasteiger partial charge in [-0.2, -0.15) is 0 Å². The third-order valence-corrected chi connectivity index (χ3v) is 1.33. The van der Waals surface area contributed by atoms with Gasteiger partial charge in [0.15, 0.2) is 0 Å². The van der Waals surface area contributed by atoms with Gasteiger partial charge in [-0.1, -0.05) is 12.1 Å². The van der Waals surface area contributed by atoms with Gasteiger partial charge in [-0.05, 0) is 17.7 Å². The predicted octanol–water partition coefficient (Wildman–Crippen LogP) is 1.29. The molecule has 0 aliphatic heterocycles. The van der Waals surface area contributed by atoms with E-state index in [1.807, 2.05) is 0 Å². The number of nitrogens with one attached hydrogen (secondary N) is 1. The first kappa shape index (κ1) is 10.8. The van der Waals surface area contributed by atoms with Crippen LogP contribution in [0.15, 0.2) is 24.3 Å². The van der Waals surface area contributed by atoms with Crippen LogP contribution in [0.4, 0.5) is 0 Å². The summed E-state index contributed by atoms with van der Waals surface area (Å²) in [6.45, 7) is 0. The number of phenols is 1. The smallest absolute Gasteiger partial charge is 0.115 e. The molecule has 0 aliphatic rings. The fourth-order valence-electron chi connectivity index (χ4n) is 0.834. The molecule has 0 unspecified atom stereocenters. The zero-order valence-electron chi connectivity index (χ0n) is 6.45. The molecule has 0 radical (unpaired) electrons. The molecule has 4 N–H and O–H groups in total. The summed E-state index contributed by atoms with van der Waals surface area (Å²) in [4.78, 5) is 0. The van der Waals surface area contributed by atoms with E-state index >= 15 is 0 Å². The Labute approximate surface area is 77.1 Å². The van der Waals surface area contributed by atoms with E-state index in [2.05, 4.69) is 0 Å². The molecule has 0 atom stereocenters. The Balaban J connectivity index is 0.00000121. The second-order valence-electron chi connectivity index (χ2n) is 2.37. The molecular weight excluding hydrogens is 176 g/mol. The van der Waals surface area contributed by atoms with Crippen LogP contribution in [0.5, 0.6) is 5.75 Å². The standard InChI is InChI=1S/C8H10N2O.ClH/c9-8(10)5-6-1-3-7(11)4-2-6;/h1-4,11H,5H2,(H3,9,10);1H. The molecule has 0 aliphatic carbocycles. The lowest BCUT2D eigenvalue weighted by atomic mass is 10.1. The Hall–Kier alpha value is -1.22. The average molecular weight is 187 g/mol. The fraction of sp³-hybridized carbons (Fsp3) is 0.125. The van der Waals surface area contributed by atoms with E-state index in [-0.39, 0.29) is 24.0 Å². The molecule has 0 saturated carbocycles. The van der Waals surface area contributed by atoms with E-state index in [0.29, 0.717) is 6.42 Å². The van der Waals surface area contributed by atoms with Gasteiger partial charge in [0.05, 0.1) is 5.84 Å². The maximum atomic E-state index is 8.91. The molecule has 1 aromatic rings. The number of rotatable bonds is 2. The highest BCUT2D eigenvalue weighted by Gasteiger charge is 1.93. The molecule has 0 saturated heterocycles. The first-order valence-corrected chi connectivity index (χ1v) is 3.29. The number of hydrogen-bond acceptors (Lipinski definition) is 2. The van der Waals surface area contributed by atoms with E-state index < -0.39 is 0 Å². The van der Waals surface area contributed by atoms with Crippen molar-refractivity contribution in [3.05, 3.63) is 29.8 Å². The third-order valence-electron chi connectivity index (χ3n) is 1.33. The van der Waals surface area contributed by atoms with Crippen molar-refractivity contribution in [1.29, 1.82) is 5.41 Å². The fourth-order valence-corrected chi connectivity index (χ4v) is 0.834. The molecule has 0 heterocycles. The maximum absolute atomic E-state index is 8.91.